The second kappa shape index (κ2) is 7.02. The fraction of sp³-hybridized carbons (Fsp3) is 0.381. The van der Waals surface area contributed by atoms with Crippen LogP contribution in [0.4, 0.5) is 5.82 Å². The molecule has 2 aliphatic rings. The van der Waals surface area contributed by atoms with Crippen LogP contribution in [0.2, 0.25) is 0 Å². The molecule has 5 rings (SSSR count). The number of hydrogen-bond donors (Lipinski definition) is 1. The SMILES string of the molecule is Nc1nc(CN2CCC=C(c3cccnc3)C2)nc2sc3c(c12)CCCC3. The van der Waals surface area contributed by atoms with E-state index in [0.29, 0.717) is 5.82 Å². The number of pyridine rings is 1. The molecule has 0 aromatic carbocycles. The Kier molecular flexibility index (Phi) is 4.38. The first kappa shape index (κ1) is 16.8. The molecule has 0 saturated carbocycles. The van der Waals surface area contributed by atoms with Gasteiger partial charge < -0.3 is 5.73 Å². The Morgan fingerprint density at radius 3 is 3.00 bits per heavy atom. The van der Waals surface area contributed by atoms with Gasteiger partial charge in [0.25, 0.3) is 0 Å². The van der Waals surface area contributed by atoms with E-state index in [1.54, 1.807) is 0 Å². The fourth-order valence-electron chi connectivity index (χ4n) is 4.20. The summed E-state index contributed by atoms with van der Waals surface area (Å²) in [5, 5.41) is 1.12. The predicted octanol–water partition coefficient (Wildman–Crippen LogP) is 3.84. The maximum absolute atomic E-state index is 6.37. The number of rotatable bonds is 3. The Morgan fingerprint density at radius 1 is 1.19 bits per heavy atom. The number of aromatic nitrogens is 3. The van der Waals surface area contributed by atoms with E-state index in [2.05, 4.69) is 27.0 Å². The molecule has 4 heterocycles. The summed E-state index contributed by atoms with van der Waals surface area (Å²) in [6.07, 6.45) is 11.9. The minimum atomic E-state index is 0.662. The molecule has 0 fully saturated rings. The molecular formula is C21H23N5S. The first-order valence-corrected chi connectivity index (χ1v) is 10.5. The van der Waals surface area contributed by atoms with E-state index >= 15 is 0 Å². The molecule has 5 nitrogen and oxygen atoms in total. The van der Waals surface area contributed by atoms with Crippen molar-refractivity contribution in [2.45, 2.75) is 38.6 Å². The normalized spacial score (nSPS) is 17.7. The summed E-state index contributed by atoms with van der Waals surface area (Å²) in [4.78, 5) is 18.7. The van der Waals surface area contributed by atoms with Crippen LogP contribution in [-0.4, -0.2) is 32.9 Å². The second-order valence-electron chi connectivity index (χ2n) is 7.39. The van der Waals surface area contributed by atoms with Crippen molar-refractivity contribution in [2.24, 2.45) is 0 Å². The van der Waals surface area contributed by atoms with Gasteiger partial charge in [0.2, 0.25) is 0 Å². The van der Waals surface area contributed by atoms with Crippen molar-refractivity contribution in [3.8, 4) is 0 Å². The fourth-order valence-corrected chi connectivity index (χ4v) is 5.49. The van der Waals surface area contributed by atoms with Crippen LogP contribution in [0.3, 0.4) is 0 Å². The monoisotopic (exact) mass is 377 g/mol. The lowest BCUT2D eigenvalue weighted by Crippen LogP contribution is -2.30. The smallest absolute Gasteiger partial charge is 0.146 e. The van der Waals surface area contributed by atoms with Crippen molar-refractivity contribution in [1.29, 1.82) is 0 Å². The van der Waals surface area contributed by atoms with Crippen molar-refractivity contribution in [3.05, 3.63) is 52.4 Å². The lowest BCUT2D eigenvalue weighted by Gasteiger charge is -2.26. The molecule has 0 spiro atoms. The number of hydrogen-bond acceptors (Lipinski definition) is 6. The van der Waals surface area contributed by atoms with Crippen molar-refractivity contribution < 1.29 is 0 Å². The van der Waals surface area contributed by atoms with Gasteiger partial charge in [0.1, 0.15) is 16.5 Å². The van der Waals surface area contributed by atoms with Crippen molar-refractivity contribution in [1.82, 2.24) is 19.9 Å². The molecule has 3 aromatic rings. The van der Waals surface area contributed by atoms with Crippen LogP contribution in [0.15, 0.2) is 30.6 Å². The molecule has 0 amide bonds. The second-order valence-corrected chi connectivity index (χ2v) is 8.47. The van der Waals surface area contributed by atoms with Crippen LogP contribution in [0, 0.1) is 0 Å². The highest BCUT2D eigenvalue weighted by atomic mass is 32.1. The zero-order valence-corrected chi connectivity index (χ0v) is 16.1. The largest absolute Gasteiger partial charge is 0.383 e. The third-order valence-corrected chi connectivity index (χ3v) is 6.70. The van der Waals surface area contributed by atoms with Crippen molar-refractivity contribution in [3.63, 3.8) is 0 Å². The molecule has 3 aromatic heterocycles. The van der Waals surface area contributed by atoms with Gasteiger partial charge in [-0.1, -0.05) is 12.1 Å². The summed E-state index contributed by atoms with van der Waals surface area (Å²) >= 11 is 1.82. The third kappa shape index (κ3) is 3.24. The molecular weight excluding hydrogens is 354 g/mol. The number of fused-ring (bicyclic) bond motifs is 3. The van der Waals surface area contributed by atoms with Crippen LogP contribution in [-0.2, 0) is 19.4 Å². The molecule has 0 bridgehead atoms. The lowest BCUT2D eigenvalue weighted by atomic mass is 9.97. The van der Waals surface area contributed by atoms with Crippen LogP contribution in [0.1, 0.15) is 41.1 Å². The highest BCUT2D eigenvalue weighted by Gasteiger charge is 2.21. The zero-order valence-electron chi connectivity index (χ0n) is 15.3. The molecule has 2 N–H and O–H groups in total. The Morgan fingerprint density at radius 2 is 2.11 bits per heavy atom. The van der Waals surface area contributed by atoms with E-state index in [1.165, 1.54) is 34.4 Å². The third-order valence-electron chi connectivity index (χ3n) is 5.52. The van der Waals surface area contributed by atoms with Gasteiger partial charge in [-0.15, -0.1) is 11.3 Å². The number of nitrogens with two attached hydrogens (primary N) is 1. The first-order chi connectivity index (χ1) is 13.3. The Hall–Kier alpha value is -2.31. The number of anilines is 1. The van der Waals surface area contributed by atoms with Gasteiger partial charge in [0.05, 0.1) is 11.9 Å². The van der Waals surface area contributed by atoms with Gasteiger partial charge in [0.15, 0.2) is 0 Å². The summed E-state index contributed by atoms with van der Waals surface area (Å²) in [7, 11) is 0. The number of thiophene rings is 1. The first-order valence-electron chi connectivity index (χ1n) is 9.66. The van der Waals surface area contributed by atoms with Gasteiger partial charge in [-0.05, 0) is 54.9 Å². The molecule has 138 valence electrons. The topological polar surface area (TPSA) is 67.9 Å². The summed E-state index contributed by atoms with van der Waals surface area (Å²) in [6.45, 7) is 2.65. The standard InChI is InChI=1S/C21H23N5S/c22-20-19-16-7-1-2-8-17(16)27-21(19)25-18(24-20)13-26-10-4-6-15(12-26)14-5-3-9-23-11-14/h3,5-6,9,11H,1-2,4,7-8,10,12-13H2,(H2,22,24,25). The lowest BCUT2D eigenvalue weighted by molar-refractivity contribution is 0.289. The summed E-state index contributed by atoms with van der Waals surface area (Å²) in [5.74, 6) is 1.50. The Bertz CT molecular complexity index is 1010. The average Bonchev–Trinajstić information content (AvgIpc) is 3.07. The van der Waals surface area contributed by atoms with E-state index in [-0.39, 0.29) is 0 Å². The van der Waals surface area contributed by atoms with Gasteiger partial charge in [-0.3, -0.25) is 9.88 Å². The summed E-state index contributed by atoms with van der Waals surface area (Å²) in [6, 6.07) is 4.12. The van der Waals surface area contributed by atoms with E-state index < -0.39 is 0 Å². The molecule has 1 aliphatic carbocycles. The van der Waals surface area contributed by atoms with Crippen LogP contribution in [0.25, 0.3) is 15.8 Å². The van der Waals surface area contributed by atoms with Crippen LogP contribution < -0.4 is 5.73 Å². The highest BCUT2D eigenvalue weighted by Crippen LogP contribution is 2.37. The number of nitrogen functional groups attached to an aromatic ring is 1. The maximum Gasteiger partial charge on any atom is 0.146 e. The van der Waals surface area contributed by atoms with Crippen molar-refractivity contribution in [2.75, 3.05) is 18.8 Å². The Labute approximate surface area is 163 Å². The van der Waals surface area contributed by atoms with E-state index in [1.807, 2.05) is 29.8 Å². The number of nitrogens with zero attached hydrogens (tertiary/aromatic N) is 4. The predicted molar refractivity (Wildman–Crippen MR) is 111 cm³/mol. The Balaban J connectivity index is 1.39. The molecule has 0 unspecified atom stereocenters. The minimum absolute atomic E-state index is 0.662. The number of aryl methyl sites for hydroxylation is 2. The van der Waals surface area contributed by atoms with Crippen LogP contribution >= 0.6 is 11.3 Å². The highest BCUT2D eigenvalue weighted by molar-refractivity contribution is 7.19. The van der Waals surface area contributed by atoms with E-state index in [4.69, 9.17) is 10.7 Å². The summed E-state index contributed by atoms with van der Waals surface area (Å²) in [5.41, 5.74) is 10.3. The molecule has 0 atom stereocenters. The quantitative estimate of drug-likeness (QED) is 0.751. The van der Waals surface area contributed by atoms with Gasteiger partial charge in [-0.25, -0.2) is 9.97 Å². The zero-order chi connectivity index (χ0) is 18.2. The van der Waals surface area contributed by atoms with E-state index in [9.17, 15) is 0 Å². The maximum atomic E-state index is 6.37. The molecule has 27 heavy (non-hydrogen) atoms. The molecule has 0 radical (unpaired) electrons. The van der Waals surface area contributed by atoms with E-state index in [0.717, 1.165) is 54.9 Å². The molecule has 6 heteroatoms. The van der Waals surface area contributed by atoms with Gasteiger partial charge in [0, 0.05) is 30.4 Å². The van der Waals surface area contributed by atoms with Gasteiger partial charge in [-0.2, -0.15) is 0 Å². The average molecular weight is 378 g/mol. The summed E-state index contributed by atoms with van der Waals surface area (Å²) < 4.78 is 0. The molecule has 0 saturated heterocycles. The van der Waals surface area contributed by atoms with Gasteiger partial charge >= 0.3 is 0 Å². The van der Waals surface area contributed by atoms with Crippen LogP contribution in [0.5, 0.6) is 0 Å². The van der Waals surface area contributed by atoms with Crippen molar-refractivity contribution >= 4 is 32.9 Å². The minimum Gasteiger partial charge on any atom is -0.383 e. The molecule has 1 aliphatic heterocycles.